The zero-order valence-corrected chi connectivity index (χ0v) is 25.1. The zero-order chi connectivity index (χ0) is 30.2. The third-order valence-electron chi connectivity index (χ3n) is 6.38. The maximum Gasteiger partial charge on any atom is 0.264 e. The summed E-state index contributed by atoms with van der Waals surface area (Å²) in [6, 6.07) is 16.5. The van der Waals surface area contributed by atoms with Gasteiger partial charge >= 0.3 is 0 Å². The van der Waals surface area contributed by atoms with Gasteiger partial charge in [-0.25, -0.2) is 12.8 Å². The van der Waals surface area contributed by atoms with E-state index in [1.165, 1.54) is 48.4 Å². The van der Waals surface area contributed by atoms with Crippen LogP contribution in [-0.4, -0.2) is 51.4 Å². The van der Waals surface area contributed by atoms with Crippen LogP contribution in [0.1, 0.15) is 32.8 Å². The van der Waals surface area contributed by atoms with Gasteiger partial charge in [-0.3, -0.25) is 13.9 Å². The van der Waals surface area contributed by atoms with E-state index >= 15 is 0 Å². The standard InChI is InChI=1S/C30H35ClFN3O5S/c1-5-28(30(37)33-18-21(2)3)34(19-22-6-8-23(31)9-7-22)29(36)20-35(25-12-10-24(32)11-13-25)41(38,39)27-16-14-26(40-4)15-17-27/h6-17,21,28H,5,18-20H2,1-4H3,(H,33,37)/t28-/m1/s1. The molecule has 0 aliphatic rings. The number of sulfonamides is 1. The van der Waals surface area contributed by atoms with Gasteiger partial charge in [0, 0.05) is 18.1 Å². The number of methoxy groups -OCH3 is 1. The zero-order valence-electron chi connectivity index (χ0n) is 23.5. The number of ether oxygens (including phenoxy) is 1. The molecule has 0 bridgehead atoms. The van der Waals surface area contributed by atoms with Crippen LogP contribution in [0.3, 0.4) is 0 Å². The molecule has 3 aromatic rings. The quantitative estimate of drug-likeness (QED) is 0.287. The largest absolute Gasteiger partial charge is 0.497 e. The number of hydrogen-bond donors (Lipinski definition) is 1. The summed E-state index contributed by atoms with van der Waals surface area (Å²) in [5.41, 5.74) is 0.809. The molecule has 220 valence electrons. The molecule has 8 nitrogen and oxygen atoms in total. The van der Waals surface area contributed by atoms with Crippen molar-refractivity contribution in [3.8, 4) is 5.75 Å². The molecule has 0 unspecified atom stereocenters. The number of halogens is 2. The molecule has 2 amide bonds. The van der Waals surface area contributed by atoms with Crippen LogP contribution in [0.15, 0.2) is 77.7 Å². The Bertz CT molecular complexity index is 1420. The number of amides is 2. The smallest absolute Gasteiger partial charge is 0.264 e. The number of anilines is 1. The summed E-state index contributed by atoms with van der Waals surface area (Å²) in [7, 11) is -2.82. The van der Waals surface area contributed by atoms with Crippen LogP contribution in [-0.2, 0) is 26.2 Å². The van der Waals surface area contributed by atoms with Crippen molar-refractivity contribution in [1.29, 1.82) is 0 Å². The van der Waals surface area contributed by atoms with Crippen molar-refractivity contribution in [2.24, 2.45) is 5.92 Å². The topological polar surface area (TPSA) is 96.0 Å². The van der Waals surface area contributed by atoms with Gasteiger partial charge in [0.15, 0.2) is 0 Å². The SMILES string of the molecule is CC[C@H](C(=O)NCC(C)C)N(Cc1ccc(Cl)cc1)C(=O)CN(c1ccc(F)cc1)S(=O)(=O)c1ccc(OC)cc1. The molecule has 0 aromatic heterocycles. The number of rotatable bonds is 13. The number of carbonyl (C=O) groups excluding carboxylic acids is 2. The lowest BCUT2D eigenvalue weighted by Gasteiger charge is -2.33. The van der Waals surface area contributed by atoms with E-state index in [0.717, 1.165) is 16.4 Å². The second-order valence-corrected chi connectivity index (χ2v) is 12.2. The maximum absolute atomic E-state index is 14.0. The summed E-state index contributed by atoms with van der Waals surface area (Å²) in [5.74, 6) is -0.844. The van der Waals surface area contributed by atoms with Crippen LogP contribution in [0.5, 0.6) is 5.75 Å². The first kappa shape index (κ1) is 31.9. The van der Waals surface area contributed by atoms with Crippen molar-refractivity contribution in [1.82, 2.24) is 10.2 Å². The molecule has 0 spiro atoms. The molecule has 0 saturated heterocycles. The number of hydrogen-bond acceptors (Lipinski definition) is 5. The first-order chi connectivity index (χ1) is 19.5. The van der Waals surface area contributed by atoms with Gasteiger partial charge in [0.2, 0.25) is 11.8 Å². The molecule has 0 heterocycles. The van der Waals surface area contributed by atoms with E-state index in [9.17, 15) is 22.4 Å². The monoisotopic (exact) mass is 603 g/mol. The number of benzene rings is 3. The van der Waals surface area contributed by atoms with E-state index in [1.54, 1.807) is 31.2 Å². The summed E-state index contributed by atoms with van der Waals surface area (Å²) in [4.78, 5) is 28.5. The average molecular weight is 604 g/mol. The Morgan fingerprint density at radius 3 is 2.12 bits per heavy atom. The molecule has 11 heteroatoms. The molecule has 0 fully saturated rings. The first-order valence-corrected chi connectivity index (χ1v) is 15.0. The molecular formula is C30H35ClFN3O5S. The van der Waals surface area contributed by atoms with Gasteiger partial charge in [0.1, 0.15) is 24.2 Å². The van der Waals surface area contributed by atoms with E-state index in [0.29, 0.717) is 29.3 Å². The van der Waals surface area contributed by atoms with Crippen molar-refractivity contribution in [2.75, 3.05) is 24.5 Å². The van der Waals surface area contributed by atoms with Gasteiger partial charge in [0.25, 0.3) is 10.0 Å². The molecule has 3 rings (SSSR count). The minimum atomic E-state index is -4.28. The third kappa shape index (κ3) is 8.43. The molecule has 0 saturated carbocycles. The highest BCUT2D eigenvalue weighted by atomic mass is 35.5. The Kier molecular flexibility index (Phi) is 11.1. The van der Waals surface area contributed by atoms with Gasteiger partial charge in [0.05, 0.1) is 17.7 Å². The third-order valence-corrected chi connectivity index (χ3v) is 8.42. The van der Waals surface area contributed by atoms with E-state index in [1.807, 2.05) is 13.8 Å². The summed E-state index contributed by atoms with van der Waals surface area (Å²) >= 11 is 6.04. The minimum Gasteiger partial charge on any atom is -0.497 e. The van der Waals surface area contributed by atoms with Crippen LogP contribution in [0, 0.1) is 11.7 Å². The molecule has 0 aliphatic heterocycles. The fraction of sp³-hybridized carbons (Fsp3) is 0.333. The van der Waals surface area contributed by atoms with Crippen LogP contribution >= 0.6 is 11.6 Å². The van der Waals surface area contributed by atoms with E-state index < -0.39 is 34.3 Å². The Hall–Kier alpha value is -3.63. The van der Waals surface area contributed by atoms with E-state index in [2.05, 4.69) is 5.32 Å². The van der Waals surface area contributed by atoms with Crippen LogP contribution < -0.4 is 14.4 Å². The lowest BCUT2D eigenvalue weighted by molar-refractivity contribution is -0.140. The molecule has 0 aliphatic carbocycles. The maximum atomic E-state index is 14.0. The first-order valence-electron chi connectivity index (χ1n) is 13.2. The van der Waals surface area contributed by atoms with Crippen molar-refractivity contribution in [3.05, 3.63) is 89.2 Å². The Morgan fingerprint density at radius 1 is 0.976 bits per heavy atom. The molecule has 0 radical (unpaired) electrons. The number of nitrogens with one attached hydrogen (secondary N) is 1. The van der Waals surface area contributed by atoms with E-state index in [-0.39, 0.29) is 29.0 Å². The van der Waals surface area contributed by atoms with Gasteiger partial charge in [-0.2, -0.15) is 0 Å². The number of carbonyl (C=O) groups is 2. The minimum absolute atomic E-state index is 0.0451. The normalized spacial score (nSPS) is 12.1. The van der Waals surface area contributed by atoms with Gasteiger partial charge < -0.3 is 15.0 Å². The molecule has 41 heavy (non-hydrogen) atoms. The van der Waals surface area contributed by atoms with Gasteiger partial charge in [-0.15, -0.1) is 0 Å². The summed E-state index contributed by atoms with van der Waals surface area (Å²) in [6.45, 7) is 5.55. The fourth-order valence-electron chi connectivity index (χ4n) is 4.14. The van der Waals surface area contributed by atoms with Crippen molar-refractivity contribution >= 4 is 39.1 Å². The van der Waals surface area contributed by atoms with E-state index in [4.69, 9.17) is 16.3 Å². The number of nitrogens with zero attached hydrogens (tertiary/aromatic N) is 2. The molecule has 3 aromatic carbocycles. The van der Waals surface area contributed by atoms with Crippen molar-refractivity contribution in [3.63, 3.8) is 0 Å². The predicted octanol–water partition coefficient (Wildman–Crippen LogP) is 5.26. The van der Waals surface area contributed by atoms with Crippen molar-refractivity contribution < 1.29 is 27.1 Å². The fourth-order valence-corrected chi connectivity index (χ4v) is 5.68. The highest BCUT2D eigenvalue weighted by Gasteiger charge is 2.33. The summed E-state index contributed by atoms with van der Waals surface area (Å²) in [5, 5.41) is 3.40. The van der Waals surface area contributed by atoms with Crippen LogP contribution in [0.4, 0.5) is 10.1 Å². The Labute approximate surface area is 246 Å². The van der Waals surface area contributed by atoms with Gasteiger partial charge in [-0.1, -0.05) is 44.5 Å². The summed E-state index contributed by atoms with van der Waals surface area (Å²) < 4.78 is 47.5. The van der Waals surface area contributed by atoms with Crippen LogP contribution in [0.25, 0.3) is 0 Å². The Morgan fingerprint density at radius 2 is 1.59 bits per heavy atom. The second-order valence-electron chi connectivity index (χ2n) is 9.87. The molecule has 1 N–H and O–H groups in total. The predicted molar refractivity (Wildman–Crippen MR) is 158 cm³/mol. The van der Waals surface area contributed by atoms with Crippen LogP contribution in [0.2, 0.25) is 5.02 Å². The molecular weight excluding hydrogens is 569 g/mol. The van der Waals surface area contributed by atoms with Crippen molar-refractivity contribution in [2.45, 2.75) is 44.7 Å². The summed E-state index contributed by atoms with van der Waals surface area (Å²) in [6.07, 6.45) is 0.297. The lowest BCUT2D eigenvalue weighted by Crippen LogP contribution is -2.52. The average Bonchev–Trinajstić information content (AvgIpc) is 2.96. The highest BCUT2D eigenvalue weighted by molar-refractivity contribution is 7.92. The highest BCUT2D eigenvalue weighted by Crippen LogP contribution is 2.26. The molecule has 1 atom stereocenters. The lowest BCUT2D eigenvalue weighted by atomic mass is 10.1. The Balaban J connectivity index is 2.03. The van der Waals surface area contributed by atoms with Gasteiger partial charge in [-0.05, 0) is 78.6 Å². The second kappa shape index (κ2) is 14.3.